The quantitative estimate of drug-likeness (QED) is 0.163. The third-order valence-electron chi connectivity index (χ3n) is 5.81. The van der Waals surface area contributed by atoms with Gasteiger partial charge in [-0.05, 0) is 70.4 Å². The molecular formula is C27H20N2O3S2. The summed E-state index contributed by atoms with van der Waals surface area (Å²) in [5, 5.41) is 16.5. The number of amides is 2. The van der Waals surface area contributed by atoms with Crippen molar-refractivity contribution in [1.29, 1.82) is 0 Å². The summed E-state index contributed by atoms with van der Waals surface area (Å²) in [6.07, 6.45) is 1.88. The third-order valence-corrected chi connectivity index (χ3v) is 7.14. The number of benzene rings is 4. The lowest BCUT2D eigenvalue weighted by Crippen LogP contribution is -2.44. The minimum atomic E-state index is -0.795. The highest BCUT2D eigenvalue weighted by molar-refractivity contribution is 8.26. The number of phenols is 1. The molecular weight excluding hydrogens is 464 g/mol. The smallest absolute Gasteiger partial charge is 0.266 e. The largest absolute Gasteiger partial charge is 0.508 e. The van der Waals surface area contributed by atoms with Crippen molar-refractivity contribution in [3.63, 3.8) is 0 Å². The Bertz CT molecular complexity index is 1440. The van der Waals surface area contributed by atoms with Gasteiger partial charge in [-0.15, -0.1) is 0 Å². The fourth-order valence-corrected chi connectivity index (χ4v) is 5.46. The van der Waals surface area contributed by atoms with E-state index in [1.165, 1.54) is 28.8 Å². The number of fused-ring (bicyclic) bond motifs is 2. The van der Waals surface area contributed by atoms with Crippen molar-refractivity contribution in [2.75, 3.05) is 5.32 Å². The van der Waals surface area contributed by atoms with Gasteiger partial charge >= 0.3 is 0 Å². The molecule has 0 spiro atoms. The van der Waals surface area contributed by atoms with Crippen LogP contribution in [0.4, 0.5) is 5.69 Å². The first-order valence-electron chi connectivity index (χ1n) is 10.7. The van der Waals surface area contributed by atoms with Crippen LogP contribution in [0, 0.1) is 0 Å². The highest BCUT2D eigenvalue weighted by Crippen LogP contribution is 2.37. The minimum absolute atomic E-state index is 0.106. The number of thiocarbonyl (C=S) groups is 1. The summed E-state index contributed by atoms with van der Waals surface area (Å²) in [6, 6.07) is 23.7. The molecule has 1 aliphatic rings. The number of aromatic hydroxyl groups is 1. The predicted molar refractivity (Wildman–Crippen MR) is 143 cm³/mol. The molecule has 0 bridgehead atoms. The van der Waals surface area contributed by atoms with Gasteiger partial charge in [0.1, 0.15) is 16.1 Å². The van der Waals surface area contributed by atoms with E-state index in [4.69, 9.17) is 12.2 Å². The summed E-state index contributed by atoms with van der Waals surface area (Å²) in [5.74, 6) is -0.548. The number of carbonyl (C=O) groups excluding carboxylic acids is 2. The molecule has 2 N–H and O–H groups in total. The molecule has 168 valence electrons. The van der Waals surface area contributed by atoms with Gasteiger partial charge in [0.15, 0.2) is 0 Å². The van der Waals surface area contributed by atoms with Gasteiger partial charge in [-0.3, -0.25) is 14.5 Å². The summed E-state index contributed by atoms with van der Waals surface area (Å²) < 4.78 is 0.342. The minimum Gasteiger partial charge on any atom is -0.508 e. The molecule has 1 unspecified atom stereocenters. The first-order chi connectivity index (χ1) is 16.4. The normalized spacial score (nSPS) is 15.9. The maximum Gasteiger partial charge on any atom is 0.266 e. The maximum absolute atomic E-state index is 13.4. The predicted octanol–water partition coefficient (Wildman–Crippen LogP) is 5.93. The summed E-state index contributed by atoms with van der Waals surface area (Å²) in [4.78, 5) is 28.0. The van der Waals surface area contributed by atoms with E-state index in [-0.39, 0.29) is 17.6 Å². The zero-order valence-electron chi connectivity index (χ0n) is 18.2. The lowest BCUT2D eigenvalue weighted by molar-refractivity contribution is -0.129. The zero-order valence-corrected chi connectivity index (χ0v) is 19.8. The molecule has 34 heavy (non-hydrogen) atoms. The first-order valence-corrected chi connectivity index (χ1v) is 11.9. The first kappa shape index (κ1) is 22.1. The Hall–Kier alpha value is -3.68. The van der Waals surface area contributed by atoms with Gasteiger partial charge < -0.3 is 10.4 Å². The Morgan fingerprint density at radius 1 is 1.00 bits per heavy atom. The number of hydrogen-bond donors (Lipinski definition) is 2. The lowest BCUT2D eigenvalue weighted by atomic mass is 9.96. The van der Waals surface area contributed by atoms with Crippen molar-refractivity contribution >= 4 is 73.4 Å². The number of rotatable bonds is 4. The molecule has 2 amide bonds. The van der Waals surface area contributed by atoms with Gasteiger partial charge in [-0.2, -0.15) is 0 Å². The van der Waals surface area contributed by atoms with Crippen molar-refractivity contribution in [1.82, 2.24) is 4.90 Å². The van der Waals surface area contributed by atoms with E-state index < -0.39 is 6.04 Å². The van der Waals surface area contributed by atoms with Crippen molar-refractivity contribution in [3.8, 4) is 5.75 Å². The molecule has 0 saturated carbocycles. The summed E-state index contributed by atoms with van der Waals surface area (Å²) >= 11 is 6.70. The van der Waals surface area contributed by atoms with E-state index in [1.807, 2.05) is 42.5 Å². The molecule has 5 rings (SSSR count). The van der Waals surface area contributed by atoms with Crippen LogP contribution in [-0.2, 0) is 9.59 Å². The van der Waals surface area contributed by atoms with Crippen LogP contribution in [0.15, 0.2) is 83.8 Å². The number of hydrogen-bond acceptors (Lipinski definition) is 5. The summed E-state index contributed by atoms with van der Waals surface area (Å²) in [7, 11) is 0. The average Bonchev–Trinajstić information content (AvgIpc) is 3.12. The van der Waals surface area contributed by atoms with E-state index in [1.54, 1.807) is 19.1 Å². The van der Waals surface area contributed by atoms with Gasteiger partial charge in [0.25, 0.3) is 5.91 Å². The van der Waals surface area contributed by atoms with Gasteiger partial charge in [0, 0.05) is 5.69 Å². The van der Waals surface area contributed by atoms with E-state index >= 15 is 0 Å². The number of nitrogens with one attached hydrogen (secondary N) is 1. The van der Waals surface area contributed by atoms with E-state index in [0.717, 1.165) is 27.1 Å². The molecule has 1 atom stereocenters. The molecule has 0 aromatic heterocycles. The van der Waals surface area contributed by atoms with Crippen molar-refractivity contribution in [2.45, 2.75) is 13.0 Å². The molecule has 0 radical (unpaired) electrons. The SMILES string of the molecule is CC(C(=O)Nc1ccc(O)cc1)N1C(=O)/C(=C/c2c3ccccc3cc3ccccc23)SC1=S. The third kappa shape index (κ3) is 4.04. The molecule has 4 aromatic rings. The Morgan fingerprint density at radius 3 is 2.21 bits per heavy atom. The number of phenolic OH excluding ortho intramolecular Hbond substituents is 1. The van der Waals surface area contributed by atoms with Gasteiger partial charge in [0.05, 0.1) is 4.91 Å². The number of thioether (sulfide) groups is 1. The van der Waals surface area contributed by atoms with Crippen LogP contribution < -0.4 is 5.32 Å². The lowest BCUT2D eigenvalue weighted by Gasteiger charge is -2.22. The fraction of sp³-hybridized carbons (Fsp3) is 0.0741. The van der Waals surface area contributed by atoms with Crippen LogP contribution in [0.1, 0.15) is 12.5 Å². The molecule has 0 aliphatic carbocycles. The van der Waals surface area contributed by atoms with Crippen LogP contribution in [0.2, 0.25) is 0 Å². The Labute approximate surface area is 206 Å². The van der Waals surface area contributed by atoms with Gasteiger partial charge in [0.2, 0.25) is 5.91 Å². The van der Waals surface area contributed by atoms with Crippen LogP contribution in [0.5, 0.6) is 5.75 Å². The second-order valence-electron chi connectivity index (χ2n) is 8.00. The Kier molecular flexibility index (Phi) is 5.81. The second-order valence-corrected chi connectivity index (χ2v) is 9.67. The fourth-order valence-electron chi connectivity index (χ4n) is 4.06. The average molecular weight is 485 g/mol. The van der Waals surface area contributed by atoms with E-state index in [9.17, 15) is 14.7 Å². The molecule has 5 nitrogen and oxygen atoms in total. The summed E-state index contributed by atoms with van der Waals surface area (Å²) in [6.45, 7) is 1.65. The van der Waals surface area contributed by atoms with Crippen LogP contribution >= 0.6 is 24.0 Å². The van der Waals surface area contributed by atoms with Crippen molar-refractivity contribution in [3.05, 3.63) is 89.3 Å². The molecule has 7 heteroatoms. The monoisotopic (exact) mass is 484 g/mol. The van der Waals surface area contributed by atoms with Crippen molar-refractivity contribution < 1.29 is 14.7 Å². The van der Waals surface area contributed by atoms with Crippen LogP contribution in [0.3, 0.4) is 0 Å². The molecule has 1 heterocycles. The van der Waals surface area contributed by atoms with E-state index in [2.05, 4.69) is 23.5 Å². The number of anilines is 1. The highest BCUT2D eigenvalue weighted by Gasteiger charge is 2.38. The molecule has 1 aliphatic heterocycles. The van der Waals surface area contributed by atoms with Crippen LogP contribution in [0.25, 0.3) is 27.6 Å². The highest BCUT2D eigenvalue weighted by atomic mass is 32.2. The van der Waals surface area contributed by atoms with Gasteiger partial charge in [-0.1, -0.05) is 72.5 Å². The van der Waals surface area contributed by atoms with E-state index in [0.29, 0.717) is 14.9 Å². The second kappa shape index (κ2) is 8.93. The molecule has 1 fully saturated rings. The number of nitrogens with zero attached hydrogens (tertiary/aromatic N) is 1. The summed E-state index contributed by atoms with van der Waals surface area (Å²) in [5.41, 5.74) is 1.48. The van der Waals surface area contributed by atoms with Crippen LogP contribution in [-0.4, -0.2) is 32.2 Å². The Morgan fingerprint density at radius 2 is 1.59 bits per heavy atom. The Balaban J connectivity index is 1.48. The van der Waals surface area contributed by atoms with Crippen molar-refractivity contribution in [2.24, 2.45) is 0 Å². The standard InChI is InChI=1S/C27H20N2O3S2/c1-16(25(31)28-19-10-12-20(30)13-11-19)29-26(32)24(34-27(29)33)15-23-21-8-4-2-6-17(21)14-18-7-3-5-9-22(18)23/h2-16,30H,1H3,(H,28,31)/b24-15-. The maximum atomic E-state index is 13.4. The number of carbonyl (C=O) groups is 2. The topological polar surface area (TPSA) is 69.6 Å². The van der Waals surface area contributed by atoms with Gasteiger partial charge in [-0.25, -0.2) is 0 Å². The molecule has 4 aromatic carbocycles. The molecule has 1 saturated heterocycles. The zero-order chi connectivity index (χ0) is 23.8.